The molecule has 1 aliphatic heterocycles. The maximum atomic E-state index is 13.3. The van der Waals surface area contributed by atoms with Crippen LogP contribution in [-0.4, -0.2) is 60.8 Å². The Balaban J connectivity index is 1.19. The average molecular weight is 562 g/mol. The molecule has 208 valence electrons. The van der Waals surface area contributed by atoms with Crippen molar-refractivity contribution in [1.82, 2.24) is 15.5 Å². The first-order valence-electron chi connectivity index (χ1n) is 12.9. The van der Waals surface area contributed by atoms with Gasteiger partial charge in [-0.3, -0.25) is 19.8 Å². The van der Waals surface area contributed by atoms with Gasteiger partial charge in [0.2, 0.25) is 11.8 Å². The highest BCUT2D eigenvalue weighted by atomic mass is 32.1. The van der Waals surface area contributed by atoms with Crippen molar-refractivity contribution in [1.29, 1.82) is 5.41 Å². The Bertz CT molecular complexity index is 1410. The van der Waals surface area contributed by atoms with Crippen molar-refractivity contribution in [3.63, 3.8) is 0 Å². The van der Waals surface area contributed by atoms with E-state index < -0.39 is 11.9 Å². The molecule has 1 saturated heterocycles. The number of likely N-dealkylation sites (tertiary alicyclic amines) is 1. The molecule has 2 fully saturated rings. The number of nitrogens with two attached hydrogens (primary N) is 1. The number of hydrogen-bond acceptors (Lipinski definition) is 7. The monoisotopic (exact) mass is 561 g/mol. The molecule has 0 spiro atoms. The number of ether oxygens (including phenoxy) is 2. The molecule has 5 rings (SSSR count). The second-order valence-electron chi connectivity index (χ2n) is 10.1. The van der Waals surface area contributed by atoms with Gasteiger partial charge in [0.15, 0.2) is 0 Å². The highest BCUT2D eigenvalue weighted by Gasteiger charge is 2.67. The average Bonchev–Trinajstić information content (AvgIpc) is 3.29. The summed E-state index contributed by atoms with van der Waals surface area (Å²) in [7, 11) is 1.61. The van der Waals surface area contributed by atoms with Crippen LogP contribution >= 0.6 is 11.3 Å². The van der Waals surface area contributed by atoms with Crippen molar-refractivity contribution in [3.05, 3.63) is 82.0 Å². The molecule has 3 aromatic rings. The number of benzene rings is 2. The fourth-order valence-electron chi connectivity index (χ4n) is 5.26. The Morgan fingerprint density at radius 1 is 1.05 bits per heavy atom. The van der Waals surface area contributed by atoms with Crippen LogP contribution in [0.25, 0.3) is 0 Å². The van der Waals surface area contributed by atoms with E-state index >= 15 is 0 Å². The number of nitrogens with zero attached hydrogens (tertiary/aromatic N) is 1. The van der Waals surface area contributed by atoms with Crippen molar-refractivity contribution < 1.29 is 23.9 Å². The SMILES string of the molecule is COC[C@@]12C[C@@H]1N(C(=O)CNC(=O)c1ccc(Oc3ccccc3)cc1)[C@H](C(=O)NCc1cc(C(=N)N)cs1)C2. The predicted molar refractivity (Wildman–Crippen MR) is 150 cm³/mol. The molecule has 1 aromatic heterocycles. The molecule has 0 unspecified atom stereocenters. The van der Waals surface area contributed by atoms with Gasteiger partial charge >= 0.3 is 0 Å². The van der Waals surface area contributed by atoms with Gasteiger partial charge in [-0.05, 0) is 55.3 Å². The number of para-hydroxylation sites is 1. The number of piperidine rings is 1. The number of carbonyl (C=O) groups is 3. The topological polar surface area (TPSA) is 147 Å². The zero-order chi connectivity index (χ0) is 28.3. The molecule has 5 N–H and O–H groups in total. The Hall–Kier alpha value is -4.22. The summed E-state index contributed by atoms with van der Waals surface area (Å²) in [5, 5.41) is 14.9. The fraction of sp³-hybridized carbons (Fsp3) is 0.310. The first kappa shape index (κ1) is 27.4. The zero-order valence-electron chi connectivity index (χ0n) is 22.0. The number of amides is 3. The minimum atomic E-state index is -0.653. The van der Waals surface area contributed by atoms with Gasteiger partial charge < -0.3 is 30.7 Å². The van der Waals surface area contributed by atoms with E-state index in [1.165, 1.54) is 11.3 Å². The maximum Gasteiger partial charge on any atom is 0.251 e. The lowest BCUT2D eigenvalue weighted by atomic mass is 10.00. The van der Waals surface area contributed by atoms with Crippen molar-refractivity contribution in [2.45, 2.75) is 31.5 Å². The van der Waals surface area contributed by atoms with E-state index in [-0.39, 0.29) is 42.2 Å². The first-order chi connectivity index (χ1) is 19.3. The Labute approximate surface area is 236 Å². The molecule has 2 aromatic carbocycles. The summed E-state index contributed by atoms with van der Waals surface area (Å²) in [5.74, 6) is 0.296. The highest BCUT2D eigenvalue weighted by molar-refractivity contribution is 7.10. The van der Waals surface area contributed by atoms with Crippen LogP contribution in [0.2, 0.25) is 0 Å². The molecule has 40 heavy (non-hydrogen) atoms. The molecule has 3 atom stereocenters. The Morgan fingerprint density at radius 2 is 1.77 bits per heavy atom. The third kappa shape index (κ3) is 5.85. The molecule has 0 radical (unpaired) electrons. The number of amidine groups is 1. The van der Waals surface area contributed by atoms with Crippen LogP contribution in [-0.2, 0) is 20.9 Å². The second-order valence-corrected chi connectivity index (χ2v) is 11.1. The summed E-state index contributed by atoms with van der Waals surface area (Å²) in [4.78, 5) is 41.8. The number of nitrogens with one attached hydrogen (secondary N) is 3. The molecule has 1 aliphatic carbocycles. The van der Waals surface area contributed by atoms with Gasteiger partial charge in [-0.25, -0.2) is 0 Å². The van der Waals surface area contributed by atoms with E-state index in [1.807, 2.05) is 30.3 Å². The number of methoxy groups -OCH3 is 1. The van der Waals surface area contributed by atoms with Crippen molar-refractivity contribution in [2.75, 3.05) is 20.3 Å². The van der Waals surface area contributed by atoms with Crippen molar-refractivity contribution in [3.8, 4) is 11.5 Å². The van der Waals surface area contributed by atoms with Crippen LogP contribution < -0.4 is 21.1 Å². The molecular weight excluding hydrogens is 530 g/mol. The number of carbonyl (C=O) groups excluding carboxylic acids is 3. The minimum Gasteiger partial charge on any atom is -0.457 e. The largest absolute Gasteiger partial charge is 0.457 e. The molecule has 10 nitrogen and oxygen atoms in total. The second kappa shape index (κ2) is 11.5. The molecule has 1 saturated carbocycles. The molecule has 3 amide bonds. The summed E-state index contributed by atoms with van der Waals surface area (Å²) in [6, 6.07) is 17.0. The smallest absolute Gasteiger partial charge is 0.251 e. The maximum absolute atomic E-state index is 13.3. The number of hydrogen-bond donors (Lipinski definition) is 4. The van der Waals surface area contributed by atoms with Gasteiger partial charge in [-0.2, -0.15) is 0 Å². The van der Waals surface area contributed by atoms with Gasteiger partial charge in [0, 0.05) is 40.0 Å². The predicted octanol–water partition coefficient (Wildman–Crippen LogP) is 2.88. The Morgan fingerprint density at radius 3 is 2.45 bits per heavy atom. The van der Waals surface area contributed by atoms with E-state index in [9.17, 15) is 14.4 Å². The van der Waals surface area contributed by atoms with Gasteiger partial charge in [0.25, 0.3) is 5.91 Å². The molecule has 0 bridgehead atoms. The lowest BCUT2D eigenvalue weighted by Crippen LogP contribution is -2.50. The standard InChI is InChI=1S/C29H31N5O5S/c1-38-17-29-12-23(28(37)32-14-22-11-19(16-40-22)26(30)31)34(24(29)13-29)25(35)15-33-27(36)18-7-9-21(10-8-18)39-20-5-3-2-4-6-20/h2-11,16,23-24H,12-15,17H2,1H3,(H3,30,31)(H,32,37)(H,33,36)/t23-,24-,29+/m0/s1. The van der Waals surface area contributed by atoms with Crippen LogP contribution in [0.1, 0.15) is 33.6 Å². The van der Waals surface area contributed by atoms with Crippen LogP contribution in [0.3, 0.4) is 0 Å². The summed E-state index contributed by atoms with van der Waals surface area (Å²) >= 11 is 1.41. The van der Waals surface area contributed by atoms with Crippen LogP contribution in [0.5, 0.6) is 11.5 Å². The van der Waals surface area contributed by atoms with Crippen LogP contribution in [0, 0.1) is 10.8 Å². The normalized spacial score (nSPS) is 20.9. The number of fused-ring (bicyclic) bond motifs is 1. The van der Waals surface area contributed by atoms with Gasteiger partial charge in [0.1, 0.15) is 23.4 Å². The van der Waals surface area contributed by atoms with E-state index in [4.69, 9.17) is 20.6 Å². The lowest BCUT2D eigenvalue weighted by molar-refractivity contribution is -0.139. The van der Waals surface area contributed by atoms with Gasteiger partial charge in [-0.1, -0.05) is 18.2 Å². The first-order valence-corrected chi connectivity index (χ1v) is 13.8. The lowest BCUT2D eigenvalue weighted by Gasteiger charge is -2.27. The fourth-order valence-corrected chi connectivity index (χ4v) is 6.09. The quantitative estimate of drug-likeness (QED) is 0.209. The van der Waals surface area contributed by atoms with Gasteiger partial charge in [-0.15, -0.1) is 11.3 Å². The summed E-state index contributed by atoms with van der Waals surface area (Å²) in [6.07, 6.45) is 1.27. The van der Waals surface area contributed by atoms with E-state index in [2.05, 4.69) is 10.6 Å². The van der Waals surface area contributed by atoms with Crippen LogP contribution in [0.15, 0.2) is 66.0 Å². The number of nitrogen functional groups attached to an aromatic ring is 1. The van der Waals surface area contributed by atoms with Crippen molar-refractivity contribution in [2.24, 2.45) is 11.1 Å². The molecular formula is C29H31N5O5S. The summed E-state index contributed by atoms with van der Waals surface area (Å²) < 4.78 is 11.2. The summed E-state index contributed by atoms with van der Waals surface area (Å²) in [5.41, 5.74) is 6.30. The molecule has 11 heteroatoms. The van der Waals surface area contributed by atoms with E-state index in [1.54, 1.807) is 47.7 Å². The van der Waals surface area contributed by atoms with Gasteiger partial charge in [0.05, 0.1) is 19.7 Å². The number of thiophene rings is 1. The zero-order valence-corrected chi connectivity index (χ0v) is 22.8. The highest BCUT2D eigenvalue weighted by Crippen LogP contribution is 2.59. The minimum absolute atomic E-state index is 0.0264. The summed E-state index contributed by atoms with van der Waals surface area (Å²) in [6.45, 7) is 0.511. The van der Waals surface area contributed by atoms with E-state index in [0.717, 1.165) is 11.3 Å². The van der Waals surface area contributed by atoms with Crippen molar-refractivity contribution >= 4 is 34.9 Å². The molecule has 2 aliphatic rings. The third-order valence-electron chi connectivity index (χ3n) is 7.34. The number of rotatable bonds is 11. The molecule has 2 heterocycles. The van der Waals surface area contributed by atoms with Crippen LogP contribution in [0.4, 0.5) is 0 Å². The van der Waals surface area contributed by atoms with E-state index in [0.29, 0.717) is 35.7 Å². The third-order valence-corrected chi connectivity index (χ3v) is 8.27. The Kier molecular flexibility index (Phi) is 7.85.